The van der Waals surface area contributed by atoms with E-state index in [1.54, 1.807) is 6.07 Å². The number of nitrogens with one attached hydrogen (secondary N) is 1. The van der Waals surface area contributed by atoms with Crippen molar-refractivity contribution in [3.05, 3.63) is 0 Å². The summed E-state index contributed by atoms with van der Waals surface area (Å²) in [6.45, 7) is 4.70. The van der Waals surface area contributed by atoms with Crippen molar-refractivity contribution in [2.45, 2.75) is 25.5 Å². The molecule has 0 fully saturated rings. The van der Waals surface area contributed by atoms with Gasteiger partial charge in [0.15, 0.2) is 5.25 Å². The Morgan fingerprint density at radius 2 is 2.21 bits per heavy atom. The minimum absolute atomic E-state index is 0.314. The Kier molecular flexibility index (Phi) is 6.45. The maximum atomic E-state index is 11.2. The molecule has 0 radical (unpaired) electrons. The van der Waals surface area contributed by atoms with Crippen LogP contribution in [0, 0.1) is 11.3 Å². The fraction of sp³-hybridized carbons (Fsp3) is 0.875. The predicted octanol–water partition coefficient (Wildman–Crippen LogP) is 0.244. The summed E-state index contributed by atoms with van der Waals surface area (Å²) in [5.74, 6) is 0. The van der Waals surface area contributed by atoms with Crippen LogP contribution in [0.15, 0.2) is 0 Å². The lowest BCUT2D eigenvalue weighted by Crippen LogP contribution is -2.32. The van der Waals surface area contributed by atoms with Crippen LogP contribution in [0.3, 0.4) is 0 Å². The van der Waals surface area contributed by atoms with Gasteiger partial charge in [-0.25, -0.2) is 13.1 Å². The lowest BCUT2D eigenvalue weighted by molar-refractivity contribution is 0.146. The van der Waals surface area contributed by atoms with Crippen molar-refractivity contribution >= 4 is 10.0 Å². The predicted molar refractivity (Wildman–Crippen MR) is 53.1 cm³/mol. The minimum atomic E-state index is -3.46. The molecule has 14 heavy (non-hydrogen) atoms. The average Bonchev–Trinajstić information content (AvgIpc) is 2.16. The molecule has 0 aliphatic carbocycles. The Labute approximate surface area is 85.1 Å². The first-order chi connectivity index (χ1) is 6.54. The van der Waals surface area contributed by atoms with Crippen molar-refractivity contribution in [1.29, 1.82) is 5.26 Å². The number of hydrogen-bond donors (Lipinski definition) is 1. The molecule has 0 amide bonds. The molecule has 0 saturated heterocycles. The molecule has 0 aromatic rings. The van der Waals surface area contributed by atoms with Crippen molar-refractivity contribution in [2.24, 2.45) is 0 Å². The Hall–Kier alpha value is -0.640. The van der Waals surface area contributed by atoms with Crippen molar-refractivity contribution in [1.82, 2.24) is 4.72 Å². The van der Waals surface area contributed by atoms with Crippen LogP contribution < -0.4 is 4.72 Å². The van der Waals surface area contributed by atoms with Gasteiger partial charge in [0.2, 0.25) is 10.0 Å². The molecule has 0 heterocycles. The summed E-state index contributed by atoms with van der Waals surface area (Å²) in [7, 11) is -3.46. The van der Waals surface area contributed by atoms with E-state index in [0.717, 1.165) is 0 Å². The van der Waals surface area contributed by atoms with Crippen molar-refractivity contribution in [2.75, 3.05) is 19.8 Å². The molecule has 1 N–H and O–H groups in total. The molecular formula is C8H16N2O3S. The summed E-state index contributed by atoms with van der Waals surface area (Å²) < 4.78 is 29.8. The molecule has 82 valence electrons. The van der Waals surface area contributed by atoms with Crippen LogP contribution in [0.5, 0.6) is 0 Å². The van der Waals surface area contributed by atoms with E-state index >= 15 is 0 Å². The standard InChI is InChI=1S/C8H16N2O3S/c1-3-13-6-4-5-10-14(11,12)8(2)7-9/h8,10H,3-6H2,1-2H3. The van der Waals surface area contributed by atoms with Gasteiger partial charge >= 0.3 is 0 Å². The first-order valence-electron chi connectivity index (χ1n) is 4.50. The van der Waals surface area contributed by atoms with E-state index in [9.17, 15) is 8.42 Å². The molecule has 1 atom stereocenters. The lowest BCUT2D eigenvalue weighted by Gasteiger charge is -2.07. The highest BCUT2D eigenvalue weighted by atomic mass is 32.2. The summed E-state index contributed by atoms with van der Waals surface area (Å²) in [6.07, 6.45) is 0.616. The monoisotopic (exact) mass is 220 g/mol. The maximum Gasteiger partial charge on any atom is 0.227 e. The van der Waals surface area contributed by atoms with Gasteiger partial charge in [-0.1, -0.05) is 0 Å². The van der Waals surface area contributed by atoms with Crippen LogP contribution in [0.4, 0.5) is 0 Å². The molecule has 5 nitrogen and oxygen atoms in total. The number of sulfonamides is 1. The highest BCUT2D eigenvalue weighted by molar-refractivity contribution is 7.90. The number of hydrogen-bond acceptors (Lipinski definition) is 4. The van der Waals surface area contributed by atoms with E-state index in [1.165, 1.54) is 6.92 Å². The summed E-state index contributed by atoms with van der Waals surface area (Å²) in [5, 5.41) is 7.41. The van der Waals surface area contributed by atoms with Crippen molar-refractivity contribution in [3.8, 4) is 6.07 Å². The van der Waals surface area contributed by atoms with Crippen molar-refractivity contribution in [3.63, 3.8) is 0 Å². The Balaban J connectivity index is 3.74. The van der Waals surface area contributed by atoms with Gasteiger partial charge < -0.3 is 4.74 Å². The first-order valence-corrected chi connectivity index (χ1v) is 6.05. The molecular weight excluding hydrogens is 204 g/mol. The van der Waals surface area contributed by atoms with Gasteiger partial charge in [0.25, 0.3) is 0 Å². The lowest BCUT2D eigenvalue weighted by atomic mass is 10.5. The van der Waals surface area contributed by atoms with Gasteiger partial charge in [0, 0.05) is 19.8 Å². The summed E-state index contributed by atoms with van der Waals surface area (Å²) in [4.78, 5) is 0. The maximum absolute atomic E-state index is 11.2. The second kappa shape index (κ2) is 6.76. The third-order valence-electron chi connectivity index (χ3n) is 1.62. The summed E-state index contributed by atoms with van der Waals surface area (Å²) >= 11 is 0. The van der Waals surface area contributed by atoms with E-state index in [2.05, 4.69) is 4.72 Å². The van der Waals surface area contributed by atoms with Gasteiger partial charge in [-0.15, -0.1) is 0 Å². The molecule has 0 aliphatic heterocycles. The fourth-order valence-electron chi connectivity index (χ4n) is 0.727. The number of rotatable bonds is 7. The smallest absolute Gasteiger partial charge is 0.227 e. The second-order valence-electron chi connectivity index (χ2n) is 2.76. The van der Waals surface area contributed by atoms with Gasteiger partial charge in [-0.2, -0.15) is 5.26 Å². The van der Waals surface area contributed by atoms with Crippen LogP contribution in [-0.2, 0) is 14.8 Å². The number of nitriles is 1. The second-order valence-corrected chi connectivity index (χ2v) is 4.85. The van der Waals surface area contributed by atoms with E-state index in [-0.39, 0.29) is 0 Å². The zero-order valence-corrected chi connectivity index (χ0v) is 9.30. The molecule has 0 spiro atoms. The van der Waals surface area contributed by atoms with Crippen LogP contribution in [0.25, 0.3) is 0 Å². The van der Waals surface area contributed by atoms with E-state index in [1.807, 2.05) is 6.92 Å². The third kappa shape index (κ3) is 5.17. The minimum Gasteiger partial charge on any atom is -0.382 e. The fourth-order valence-corrected chi connectivity index (χ4v) is 1.55. The quantitative estimate of drug-likeness (QED) is 0.623. The van der Waals surface area contributed by atoms with Crippen molar-refractivity contribution < 1.29 is 13.2 Å². The molecule has 0 saturated carbocycles. The first kappa shape index (κ1) is 13.4. The van der Waals surface area contributed by atoms with Crippen LogP contribution in [0.1, 0.15) is 20.3 Å². The zero-order chi connectivity index (χ0) is 11.0. The normalized spacial score (nSPS) is 13.5. The Morgan fingerprint density at radius 1 is 1.57 bits per heavy atom. The van der Waals surface area contributed by atoms with Gasteiger partial charge in [-0.05, 0) is 20.3 Å². The van der Waals surface area contributed by atoms with E-state index in [4.69, 9.17) is 10.00 Å². The van der Waals surface area contributed by atoms with E-state index < -0.39 is 15.3 Å². The average molecular weight is 220 g/mol. The zero-order valence-electron chi connectivity index (χ0n) is 8.49. The largest absolute Gasteiger partial charge is 0.382 e. The number of nitrogens with zero attached hydrogens (tertiary/aromatic N) is 1. The third-order valence-corrected chi connectivity index (χ3v) is 3.26. The topological polar surface area (TPSA) is 79.2 Å². The highest BCUT2D eigenvalue weighted by Gasteiger charge is 2.18. The summed E-state index contributed by atoms with van der Waals surface area (Å²) in [6, 6.07) is 1.68. The highest BCUT2D eigenvalue weighted by Crippen LogP contribution is 1.95. The molecule has 1 unspecified atom stereocenters. The van der Waals surface area contributed by atoms with Gasteiger partial charge in [0.1, 0.15) is 0 Å². The summed E-state index contributed by atoms with van der Waals surface area (Å²) in [5.41, 5.74) is 0. The van der Waals surface area contributed by atoms with E-state index in [0.29, 0.717) is 26.2 Å². The Bertz CT molecular complexity index is 281. The molecule has 6 heteroatoms. The molecule has 0 aromatic heterocycles. The van der Waals surface area contributed by atoms with Crippen LogP contribution >= 0.6 is 0 Å². The molecule has 0 aromatic carbocycles. The van der Waals surface area contributed by atoms with Gasteiger partial charge in [0.05, 0.1) is 6.07 Å². The Morgan fingerprint density at radius 3 is 2.71 bits per heavy atom. The molecule has 0 bridgehead atoms. The van der Waals surface area contributed by atoms with Gasteiger partial charge in [-0.3, -0.25) is 0 Å². The van der Waals surface area contributed by atoms with Crippen LogP contribution in [-0.4, -0.2) is 33.4 Å². The molecule has 0 aliphatic rings. The SMILES string of the molecule is CCOCCCNS(=O)(=O)C(C)C#N. The number of ether oxygens (including phenoxy) is 1. The molecule has 0 rings (SSSR count). The van der Waals surface area contributed by atoms with Crippen LogP contribution in [0.2, 0.25) is 0 Å².